The van der Waals surface area contributed by atoms with Crippen molar-refractivity contribution in [3.63, 3.8) is 0 Å². The number of hydrogen-bond donors (Lipinski definition) is 3. The number of nitrogens with zero attached hydrogens (tertiary/aromatic N) is 1. The minimum absolute atomic E-state index is 0.156. The predicted molar refractivity (Wildman–Crippen MR) is 70.8 cm³/mol. The van der Waals surface area contributed by atoms with Crippen molar-refractivity contribution in [3.05, 3.63) is 0 Å². The molecule has 0 aromatic rings. The van der Waals surface area contributed by atoms with Crippen LogP contribution in [0.15, 0.2) is 0 Å². The number of carbonyl (C=O) groups is 2. The highest BCUT2D eigenvalue weighted by Crippen LogP contribution is 2.20. The van der Waals surface area contributed by atoms with Crippen molar-refractivity contribution in [1.29, 1.82) is 0 Å². The summed E-state index contributed by atoms with van der Waals surface area (Å²) in [6, 6.07) is -1.19. The minimum Gasteiger partial charge on any atom is -0.480 e. The zero-order valence-corrected chi connectivity index (χ0v) is 11.8. The molecule has 0 bridgehead atoms. The van der Waals surface area contributed by atoms with E-state index in [9.17, 15) is 14.7 Å². The number of urea groups is 1. The third-order valence-corrected chi connectivity index (χ3v) is 3.72. The number of aliphatic hydroxyl groups excluding tert-OH is 1. The molecule has 110 valence electrons. The SMILES string of the molecule is CC(C)C(NC(=O)N1CCC(C(C)O)CC1)C(=O)O. The summed E-state index contributed by atoms with van der Waals surface area (Å²) in [6.07, 6.45) is 1.15. The van der Waals surface area contributed by atoms with Gasteiger partial charge in [0.2, 0.25) is 0 Å². The first kappa shape index (κ1) is 15.8. The Bertz CT molecular complexity index is 323. The monoisotopic (exact) mass is 272 g/mol. The molecule has 0 aromatic carbocycles. The van der Waals surface area contributed by atoms with Crippen LogP contribution >= 0.6 is 0 Å². The van der Waals surface area contributed by atoms with Crippen LogP contribution in [0.25, 0.3) is 0 Å². The lowest BCUT2D eigenvalue weighted by Crippen LogP contribution is -2.52. The van der Waals surface area contributed by atoms with Crippen molar-refractivity contribution >= 4 is 12.0 Å². The second kappa shape index (κ2) is 6.75. The van der Waals surface area contributed by atoms with Crippen molar-refractivity contribution < 1.29 is 19.8 Å². The van der Waals surface area contributed by atoms with Crippen LogP contribution in [0.3, 0.4) is 0 Å². The molecule has 0 radical (unpaired) electrons. The van der Waals surface area contributed by atoms with E-state index in [1.54, 1.807) is 25.7 Å². The average Bonchev–Trinajstić information content (AvgIpc) is 2.34. The van der Waals surface area contributed by atoms with Gasteiger partial charge in [-0.05, 0) is 31.6 Å². The molecule has 0 saturated carbocycles. The number of likely N-dealkylation sites (tertiary alicyclic amines) is 1. The van der Waals surface area contributed by atoms with E-state index in [0.717, 1.165) is 12.8 Å². The van der Waals surface area contributed by atoms with Gasteiger partial charge in [-0.15, -0.1) is 0 Å². The van der Waals surface area contributed by atoms with Crippen LogP contribution in [-0.4, -0.2) is 52.3 Å². The maximum Gasteiger partial charge on any atom is 0.326 e. The number of carboxylic acids is 1. The average molecular weight is 272 g/mol. The van der Waals surface area contributed by atoms with Crippen molar-refractivity contribution in [2.75, 3.05) is 13.1 Å². The Morgan fingerprint density at radius 3 is 2.11 bits per heavy atom. The van der Waals surface area contributed by atoms with Gasteiger partial charge in [-0.1, -0.05) is 13.8 Å². The van der Waals surface area contributed by atoms with Gasteiger partial charge in [-0.25, -0.2) is 9.59 Å². The third kappa shape index (κ3) is 4.38. The van der Waals surface area contributed by atoms with Gasteiger partial charge in [0, 0.05) is 13.1 Å². The van der Waals surface area contributed by atoms with Crippen molar-refractivity contribution in [3.8, 4) is 0 Å². The van der Waals surface area contributed by atoms with Crippen molar-refractivity contribution in [2.24, 2.45) is 11.8 Å². The summed E-state index contributed by atoms with van der Waals surface area (Å²) < 4.78 is 0. The molecular formula is C13H24N2O4. The highest BCUT2D eigenvalue weighted by molar-refractivity contribution is 5.82. The Morgan fingerprint density at radius 1 is 1.21 bits per heavy atom. The van der Waals surface area contributed by atoms with Gasteiger partial charge in [-0.3, -0.25) is 0 Å². The lowest BCUT2D eigenvalue weighted by atomic mass is 9.92. The molecule has 3 N–H and O–H groups in total. The highest BCUT2D eigenvalue weighted by Gasteiger charge is 2.29. The summed E-state index contributed by atoms with van der Waals surface area (Å²) in [5.74, 6) is -0.942. The van der Waals surface area contributed by atoms with Gasteiger partial charge in [-0.2, -0.15) is 0 Å². The van der Waals surface area contributed by atoms with E-state index in [2.05, 4.69) is 5.32 Å². The molecule has 1 aliphatic heterocycles. The minimum atomic E-state index is -1.01. The number of piperidine rings is 1. The summed E-state index contributed by atoms with van der Waals surface area (Å²) >= 11 is 0. The molecule has 1 heterocycles. The Kier molecular flexibility index (Phi) is 5.60. The smallest absolute Gasteiger partial charge is 0.326 e. The maximum atomic E-state index is 12.0. The molecule has 1 saturated heterocycles. The van der Waals surface area contributed by atoms with Gasteiger partial charge >= 0.3 is 12.0 Å². The summed E-state index contributed by atoms with van der Waals surface area (Å²) in [7, 11) is 0. The van der Waals surface area contributed by atoms with Crippen LogP contribution in [0.1, 0.15) is 33.6 Å². The second-order valence-corrected chi connectivity index (χ2v) is 5.57. The molecule has 2 atom stereocenters. The van der Waals surface area contributed by atoms with Gasteiger partial charge in [0.1, 0.15) is 6.04 Å². The van der Waals surface area contributed by atoms with Crippen LogP contribution in [0.5, 0.6) is 0 Å². The third-order valence-electron chi connectivity index (χ3n) is 3.72. The standard InChI is InChI=1S/C13H24N2O4/c1-8(2)11(12(17)18)14-13(19)15-6-4-10(5-7-15)9(3)16/h8-11,16H,4-7H2,1-3H3,(H,14,19)(H,17,18). The molecule has 2 unspecified atom stereocenters. The van der Waals surface area contributed by atoms with E-state index in [1.807, 2.05) is 0 Å². The quantitative estimate of drug-likeness (QED) is 0.709. The fourth-order valence-electron chi connectivity index (χ4n) is 2.32. The van der Waals surface area contributed by atoms with Gasteiger partial charge in [0.25, 0.3) is 0 Å². The molecule has 6 nitrogen and oxygen atoms in total. The molecule has 1 rings (SSSR count). The van der Waals surface area contributed by atoms with Crippen LogP contribution in [0.4, 0.5) is 4.79 Å². The molecule has 6 heteroatoms. The molecule has 19 heavy (non-hydrogen) atoms. The van der Waals surface area contributed by atoms with Crippen LogP contribution in [-0.2, 0) is 4.79 Å². The number of aliphatic carboxylic acids is 1. The number of aliphatic hydroxyl groups is 1. The fourth-order valence-corrected chi connectivity index (χ4v) is 2.32. The molecule has 0 spiro atoms. The number of carboxylic acid groups (broad SMARTS) is 1. The van der Waals surface area contributed by atoms with E-state index < -0.39 is 12.0 Å². The van der Waals surface area contributed by atoms with Gasteiger partial charge in [0.05, 0.1) is 6.10 Å². The summed E-state index contributed by atoms with van der Waals surface area (Å²) in [5.41, 5.74) is 0. The number of nitrogens with one attached hydrogen (secondary N) is 1. The van der Waals surface area contributed by atoms with E-state index in [-0.39, 0.29) is 24.0 Å². The first-order chi connectivity index (χ1) is 8.82. The van der Waals surface area contributed by atoms with Crippen molar-refractivity contribution in [1.82, 2.24) is 10.2 Å². The van der Waals surface area contributed by atoms with Crippen LogP contribution in [0.2, 0.25) is 0 Å². The van der Waals surface area contributed by atoms with Crippen molar-refractivity contribution in [2.45, 2.75) is 45.8 Å². The Balaban J connectivity index is 2.49. The highest BCUT2D eigenvalue weighted by atomic mass is 16.4. The van der Waals surface area contributed by atoms with Crippen LogP contribution < -0.4 is 5.32 Å². The maximum absolute atomic E-state index is 12.0. The van der Waals surface area contributed by atoms with Gasteiger partial charge < -0.3 is 20.4 Å². The first-order valence-electron chi connectivity index (χ1n) is 6.79. The zero-order valence-electron chi connectivity index (χ0n) is 11.8. The van der Waals surface area contributed by atoms with Gasteiger partial charge in [0.15, 0.2) is 0 Å². The second-order valence-electron chi connectivity index (χ2n) is 5.57. The lowest BCUT2D eigenvalue weighted by molar-refractivity contribution is -0.140. The first-order valence-corrected chi connectivity index (χ1v) is 6.79. The summed E-state index contributed by atoms with van der Waals surface area (Å²) in [4.78, 5) is 24.6. The summed E-state index contributed by atoms with van der Waals surface area (Å²) in [5, 5.41) is 21.1. The Labute approximate surface area is 113 Å². The lowest BCUT2D eigenvalue weighted by Gasteiger charge is -2.34. The molecule has 0 aromatic heterocycles. The zero-order chi connectivity index (χ0) is 14.6. The van der Waals surface area contributed by atoms with Crippen LogP contribution in [0, 0.1) is 11.8 Å². The normalized spacial score (nSPS) is 20.2. The molecular weight excluding hydrogens is 248 g/mol. The topological polar surface area (TPSA) is 89.9 Å². The molecule has 0 aliphatic carbocycles. The molecule has 1 aliphatic rings. The number of carbonyl (C=O) groups excluding carboxylic acids is 1. The van der Waals surface area contributed by atoms with E-state index in [0.29, 0.717) is 13.1 Å². The Morgan fingerprint density at radius 2 is 1.74 bits per heavy atom. The largest absolute Gasteiger partial charge is 0.480 e. The van der Waals surface area contributed by atoms with E-state index >= 15 is 0 Å². The summed E-state index contributed by atoms with van der Waals surface area (Å²) in [6.45, 7) is 6.41. The number of hydrogen-bond acceptors (Lipinski definition) is 3. The molecule has 1 fully saturated rings. The van der Waals surface area contributed by atoms with E-state index in [4.69, 9.17) is 5.11 Å². The predicted octanol–water partition coefficient (Wildman–Crippen LogP) is 0.898. The number of amides is 2. The van der Waals surface area contributed by atoms with E-state index in [1.165, 1.54) is 0 Å². The molecule has 2 amide bonds. The Hall–Kier alpha value is -1.30. The number of rotatable bonds is 4. The fraction of sp³-hybridized carbons (Fsp3) is 0.846.